The molecule has 2 aromatic heterocycles. The highest BCUT2D eigenvalue weighted by atomic mass is 35.5. The molecule has 0 unspecified atom stereocenters. The summed E-state index contributed by atoms with van der Waals surface area (Å²) < 4.78 is 11.6. The lowest BCUT2D eigenvalue weighted by molar-refractivity contribution is -0.159. The number of carbonyl (C=O) groups excluding carboxylic acids is 2. The van der Waals surface area contributed by atoms with Crippen LogP contribution in [0.4, 0.5) is 5.82 Å². The van der Waals surface area contributed by atoms with E-state index in [1.54, 1.807) is 24.0 Å². The van der Waals surface area contributed by atoms with Crippen molar-refractivity contribution in [2.45, 2.75) is 25.6 Å². The van der Waals surface area contributed by atoms with Crippen LogP contribution in [-0.2, 0) is 20.9 Å². The topological polar surface area (TPSA) is 111 Å². The normalized spacial score (nSPS) is 17.4. The number of methoxy groups -OCH3 is 1. The summed E-state index contributed by atoms with van der Waals surface area (Å²) in [5.74, 6) is -0.0412. The molecule has 2 N–H and O–H groups in total. The summed E-state index contributed by atoms with van der Waals surface area (Å²) in [6.45, 7) is 2.76. The quantitative estimate of drug-likeness (QED) is 0.543. The first-order chi connectivity index (χ1) is 15.9. The zero-order valence-electron chi connectivity index (χ0n) is 18.2. The molecule has 1 aliphatic rings. The van der Waals surface area contributed by atoms with E-state index >= 15 is 0 Å². The fraction of sp³-hybridized carbons (Fsp3) is 0.364. The van der Waals surface area contributed by atoms with Crippen molar-refractivity contribution < 1.29 is 19.1 Å². The second-order valence-corrected chi connectivity index (χ2v) is 9.37. The second-order valence-electron chi connectivity index (χ2n) is 7.69. The van der Waals surface area contributed by atoms with Gasteiger partial charge in [0.05, 0.1) is 16.0 Å². The number of nitrogens with two attached hydrogens (primary N) is 1. The number of aromatic nitrogens is 2. The average molecular weight is 490 g/mol. The molecule has 0 saturated carbocycles. The molecule has 33 heavy (non-hydrogen) atoms. The van der Waals surface area contributed by atoms with Crippen LogP contribution in [0.25, 0.3) is 10.9 Å². The van der Waals surface area contributed by atoms with Crippen LogP contribution in [0.15, 0.2) is 36.7 Å². The molecule has 3 heterocycles. The van der Waals surface area contributed by atoms with Gasteiger partial charge in [-0.3, -0.25) is 9.59 Å². The predicted octanol–water partition coefficient (Wildman–Crippen LogP) is 2.58. The minimum atomic E-state index is -0.745. The molecule has 0 aliphatic carbocycles. The Kier molecular flexibility index (Phi) is 6.96. The zero-order chi connectivity index (χ0) is 23.5. The highest BCUT2D eigenvalue weighted by molar-refractivity contribution is 7.17. The molecule has 3 aromatic rings. The van der Waals surface area contributed by atoms with Crippen LogP contribution in [0, 0.1) is 0 Å². The molecule has 2 atom stereocenters. The fourth-order valence-electron chi connectivity index (χ4n) is 3.85. The van der Waals surface area contributed by atoms with Crippen LogP contribution >= 0.6 is 22.9 Å². The number of nitrogens with zero attached hydrogens (tertiary/aromatic N) is 4. The Balaban J connectivity index is 1.48. The number of benzene rings is 1. The molecular formula is C22H24ClN5O4S. The van der Waals surface area contributed by atoms with Gasteiger partial charge >= 0.3 is 0 Å². The van der Waals surface area contributed by atoms with Crippen molar-refractivity contribution in [1.29, 1.82) is 0 Å². The van der Waals surface area contributed by atoms with Gasteiger partial charge in [0.25, 0.3) is 5.91 Å². The first kappa shape index (κ1) is 23.2. The van der Waals surface area contributed by atoms with Gasteiger partial charge in [0.1, 0.15) is 18.2 Å². The maximum absolute atomic E-state index is 13.4. The first-order valence-corrected chi connectivity index (χ1v) is 11.5. The van der Waals surface area contributed by atoms with E-state index in [9.17, 15) is 9.59 Å². The maximum Gasteiger partial charge on any atom is 0.261 e. The highest BCUT2D eigenvalue weighted by Crippen LogP contribution is 2.28. The Morgan fingerprint density at radius 3 is 2.85 bits per heavy atom. The number of hydrogen-bond donors (Lipinski definition) is 1. The van der Waals surface area contributed by atoms with Crippen molar-refractivity contribution in [3.05, 3.63) is 46.6 Å². The first-order valence-electron chi connectivity index (χ1n) is 10.4. The monoisotopic (exact) mass is 489 g/mol. The van der Waals surface area contributed by atoms with Gasteiger partial charge in [-0.15, -0.1) is 0 Å². The highest BCUT2D eigenvalue weighted by Gasteiger charge is 2.41. The van der Waals surface area contributed by atoms with Gasteiger partial charge in [-0.1, -0.05) is 29.0 Å². The van der Waals surface area contributed by atoms with Gasteiger partial charge in [-0.25, -0.2) is 9.97 Å². The number of fused-ring (bicyclic) bond motifs is 1. The molecule has 9 nitrogen and oxygen atoms in total. The molecule has 11 heteroatoms. The Labute approximate surface area is 200 Å². The average Bonchev–Trinajstić information content (AvgIpc) is 3.23. The number of rotatable bonds is 7. The molecule has 1 fully saturated rings. The van der Waals surface area contributed by atoms with Crippen LogP contribution in [0.1, 0.15) is 12.5 Å². The van der Waals surface area contributed by atoms with E-state index in [1.165, 1.54) is 29.7 Å². The summed E-state index contributed by atoms with van der Waals surface area (Å²) in [7, 11) is 1.52. The van der Waals surface area contributed by atoms with Crippen molar-refractivity contribution in [2.75, 3.05) is 32.5 Å². The molecule has 4 rings (SSSR count). The van der Waals surface area contributed by atoms with Crippen LogP contribution in [0.3, 0.4) is 0 Å². The van der Waals surface area contributed by atoms with Gasteiger partial charge in [0, 0.05) is 32.1 Å². The molecule has 2 amide bonds. The summed E-state index contributed by atoms with van der Waals surface area (Å²) in [6.07, 6.45) is 0.934. The molecule has 1 saturated heterocycles. The van der Waals surface area contributed by atoms with Crippen LogP contribution in [-0.4, -0.2) is 70.5 Å². The third kappa shape index (κ3) is 5.02. The Bertz CT molecular complexity index is 1170. The maximum atomic E-state index is 13.4. The van der Waals surface area contributed by atoms with E-state index in [1.807, 2.05) is 18.2 Å². The van der Waals surface area contributed by atoms with Crippen LogP contribution in [0.2, 0.25) is 4.34 Å². The third-order valence-electron chi connectivity index (χ3n) is 5.64. The summed E-state index contributed by atoms with van der Waals surface area (Å²) >= 11 is 7.16. The molecule has 1 aliphatic heterocycles. The van der Waals surface area contributed by atoms with E-state index in [2.05, 4.69) is 9.97 Å². The smallest absolute Gasteiger partial charge is 0.261 e. The van der Waals surface area contributed by atoms with E-state index in [4.69, 9.17) is 26.8 Å². The lowest BCUT2D eigenvalue weighted by atomic mass is 10.0. The molecule has 0 radical (unpaired) electrons. The molecule has 1 aromatic carbocycles. The lowest BCUT2D eigenvalue weighted by Gasteiger charge is -2.42. The molecule has 0 spiro atoms. The van der Waals surface area contributed by atoms with Gasteiger partial charge in [-0.05, 0) is 36.8 Å². The standard InChI is InChI=1S/C22H24ClN5O4S/c1-13(31-2)20-22(30)27(10-14-3-4-15-16(9-14)25-12-26-21(15)24)7-8-28(20)18(29)11-32-19-6-5-17(23)33-19/h3-6,9,12-13,20H,7-8,10-11H2,1-2H3,(H2,24,25,26)/t13-,20-/m0/s1. The summed E-state index contributed by atoms with van der Waals surface area (Å²) in [5, 5.41) is 1.32. The zero-order valence-corrected chi connectivity index (χ0v) is 19.8. The molecule has 0 bridgehead atoms. The fourth-order valence-corrected chi connectivity index (χ4v) is 4.72. The van der Waals surface area contributed by atoms with Crippen molar-refractivity contribution in [3.8, 4) is 5.06 Å². The number of piperazine rings is 1. The lowest BCUT2D eigenvalue weighted by Crippen LogP contribution is -2.62. The van der Waals surface area contributed by atoms with Crippen LogP contribution < -0.4 is 10.5 Å². The van der Waals surface area contributed by atoms with Gasteiger partial charge < -0.3 is 25.0 Å². The van der Waals surface area contributed by atoms with Crippen molar-refractivity contribution in [2.24, 2.45) is 0 Å². The summed E-state index contributed by atoms with van der Waals surface area (Å²) in [5.41, 5.74) is 7.53. The van der Waals surface area contributed by atoms with Gasteiger partial charge in [0.2, 0.25) is 5.91 Å². The summed E-state index contributed by atoms with van der Waals surface area (Å²) in [4.78, 5) is 37.8. The molecule has 174 valence electrons. The van der Waals surface area contributed by atoms with Crippen molar-refractivity contribution in [3.63, 3.8) is 0 Å². The third-order valence-corrected chi connectivity index (χ3v) is 6.78. The minimum absolute atomic E-state index is 0.176. The van der Waals surface area contributed by atoms with Crippen molar-refractivity contribution in [1.82, 2.24) is 19.8 Å². The summed E-state index contributed by atoms with van der Waals surface area (Å²) in [6, 6.07) is 8.32. The van der Waals surface area contributed by atoms with E-state index in [-0.39, 0.29) is 18.4 Å². The second kappa shape index (κ2) is 9.90. The molecular weight excluding hydrogens is 466 g/mol. The number of halogens is 1. The minimum Gasteiger partial charge on any atom is -0.474 e. The van der Waals surface area contributed by atoms with Crippen LogP contribution in [0.5, 0.6) is 5.06 Å². The van der Waals surface area contributed by atoms with Gasteiger partial charge in [0.15, 0.2) is 11.7 Å². The largest absolute Gasteiger partial charge is 0.474 e. The van der Waals surface area contributed by atoms with Crippen molar-refractivity contribution >= 4 is 51.5 Å². The van der Waals surface area contributed by atoms with E-state index in [0.717, 1.165) is 10.9 Å². The Morgan fingerprint density at radius 1 is 1.30 bits per heavy atom. The number of ether oxygens (including phenoxy) is 2. The SMILES string of the molecule is CO[C@@H](C)[C@H]1C(=O)N(Cc2ccc3c(N)ncnc3c2)CCN1C(=O)COc1ccc(Cl)s1. The predicted molar refractivity (Wildman–Crippen MR) is 126 cm³/mol. The Hall–Kier alpha value is -2.95. The van der Waals surface area contributed by atoms with E-state index in [0.29, 0.717) is 40.4 Å². The number of hydrogen-bond acceptors (Lipinski definition) is 8. The number of nitrogen functional groups attached to an aromatic ring is 1. The van der Waals surface area contributed by atoms with Gasteiger partial charge in [-0.2, -0.15) is 0 Å². The number of thiophene rings is 1. The number of anilines is 1. The number of carbonyl (C=O) groups is 2. The number of amides is 2. The Morgan fingerprint density at radius 2 is 2.12 bits per heavy atom. The van der Waals surface area contributed by atoms with E-state index < -0.39 is 12.1 Å².